The molecule has 0 saturated carbocycles. The molecule has 3 heterocycles. The second-order valence-electron chi connectivity index (χ2n) is 7.82. The fraction of sp³-hybridized carbons (Fsp3) is 0.333. The summed E-state index contributed by atoms with van der Waals surface area (Å²) in [6.07, 6.45) is 0. The van der Waals surface area contributed by atoms with Gasteiger partial charge in [-0.3, -0.25) is 9.69 Å². The molecule has 8 heteroatoms. The largest absolute Gasteiger partial charge is 0.494 e. The molecule has 0 spiro atoms. The summed E-state index contributed by atoms with van der Waals surface area (Å²) in [6, 6.07) is 12.3. The minimum Gasteiger partial charge on any atom is -0.494 e. The number of piperazine rings is 1. The van der Waals surface area contributed by atoms with Crippen molar-refractivity contribution in [2.45, 2.75) is 13.5 Å². The van der Waals surface area contributed by atoms with Crippen LogP contribution in [0.1, 0.15) is 22.8 Å². The van der Waals surface area contributed by atoms with E-state index in [9.17, 15) is 9.59 Å². The number of hydrogen-bond donors (Lipinski definition) is 0. The Labute approximate surface area is 184 Å². The van der Waals surface area contributed by atoms with Gasteiger partial charge in [-0.25, -0.2) is 4.79 Å². The van der Waals surface area contributed by atoms with E-state index in [-0.39, 0.29) is 18.3 Å². The van der Waals surface area contributed by atoms with E-state index in [4.69, 9.17) is 18.6 Å². The quantitative estimate of drug-likeness (QED) is 0.569. The molecule has 0 radical (unpaired) electrons. The highest BCUT2D eigenvalue weighted by molar-refractivity contribution is 5.95. The molecule has 0 bridgehead atoms. The molecule has 3 aromatic rings. The summed E-state index contributed by atoms with van der Waals surface area (Å²) in [7, 11) is 0. The minimum atomic E-state index is -0.367. The second-order valence-corrected chi connectivity index (χ2v) is 7.82. The molecule has 0 aliphatic carbocycles. The van der Waals surface area contributed by atoms with Crippen LogP contribution in [0.4, 0.5) is 0 Å². The van der Waals surface area contributed by atoms with E-state index in [1.54, 1.807) is 36.4 Å². The van der Waals surface area contributed by atoms with Gasteiger partial charge in [-0.15, -0.1) is 0 Å². The Kier molecular flexibility index (Phi) is 5.45. The van der Waals surface area contributed by atoms with Crippen molar-refractivity contribution in [3.05, 3.63) is 64.0 Å². The minimum absolute atomic E-state index is 0.0184. The number of fused-ring (bicyclic) bond motifs is 2. The SMILES string of the molecule is CCOc1ccc2oc(=O)cc(CN3CCN(C(=O)c4ccc5c(c4)OCO5)CC3)c2c1. The Morgan fingerprint density at radius 2 is 1.81 bits per heavy atom. The van der Waals surface area contributed by atoms with Crippen LogP contribution in [0.15, 0.2) is 51.7 Å². The summed E-state index contributed by atoms with van der Waals surface area (Å²) in [4.78, 5) is 29.1. The van der Waals surface area contributed by atoms with Crippen LogP contribution in [0.25, 0.3) is 11.0 Å². The van der Waals surface area contributed by atoms with Gasteiger partial charge < -0.3 is 23.5 Å². The van der Waals surface area contributed by atoms with Crippen molar-refractivity contribution in [2.75, 3.05) is 39.6 Å². The molecule has 5 rings (SSSR count). The Morgan fingerprint density at radius 3 is 2.62 bits per heavy atom. The summed E-state index contributed by atoms with van der Waals surface area (Å²) in [5, 5.41) is 0.870. The fourth-order valence-corrected chi connectivity index (χ4v) is 4.16. The zero-order chi connectivity index (χ0) is 22.1. The van der Waals surface area contributed by atoms with E-state index in [0.29, 0.717) is 62.0 Å². The third kappa shape index (κ3) is 4.01. The van der Waals surface area contributed by atoms with Gasteiger partial charge in [-0.05, 0) is 48.9 Å². The Balaban J connectivity index is 1.28. The molecule has 1 saturated heterocycles. The third-order valence-corrected chi connectivity index (χ3v) is 5.78. The van der Waals surface area contributed by atoms with Crippen molar-refractivity contribution in [1.82, 2.24) is 9.80 Å². The molecule has 1 fully saturated rings. The summed E-state index contributed by atoms with van der Waals surface area (Å²) in [5.41, 5.74) is 1.67. The highest BCUT2D eigenvalue weighted by Gasteiger charge is 2.24. The van der Waals surface area contributed by atoms with Crippen LogP contribution in [0.2, 0.25) is 0 Å². The van der Waals surface area contributed by atoms with Gasteiger partial charge in [-0.2, -0.15) is 0 Å². The number of carbonyl (C=O) groups excluding carboxylic acids is 1. The van der Waals surface area contributed by atoms with Gasteiger partial charge in [0.05, 0.1) is 6.61 Å². The van der Waals surface area contributed by atoms with Crippen LogP contribution < -0.4 is 19.8 Å². The zero-order valence-electron chi connectivity index (χ0n) is 17.8. The predicted molar refractivity (Wildman–Crippen MR) is 117 cm³/mol. The Bertz CT molecular complexity index is 1210. The Hall–Kier alpha value is -3.52. The monoisotopic (exact) mass is 436 g/mol. The van der Waals surface area contributed by atoms with Gasteiger partial charge in [0.1, 0.15) is 11.3 Å². The van der Waals surface area contributed by atoms with Crippen LogP contribution in [0.5, 0.6) is 17.2 Å². The third-order valence-electron chi connectivity index (χ3n) is 5.78. The molecule has 2 aliphatic rings. The summed E-state index contributed by atoms with van der Waals surface area (Å²) in [6.45, 7) is 5.92. The molecule has 8 nitrogen and oxygen atoms in total. The van der Waals surface area contributed by atoms with E-state index in [1.807, 2.05) is 17.9 Å². The molecule has 166 valence electrons. The average molecular weight is 436 g/mol. The molecule has 1 amide bonds. The lowest BCUT2D eigenvalue weighted by atomic mass is 10.1. The van der Waals surface area contributed by atoms with Crippen LogP contribution in [-0.4, -0.2) is 55.3 Å². The molecule has 32 heavy (non-hydrogen) atoms. The van der Waals surface area contributed by atoms with Crippen molar-refractivity contribution < 1.29 is 23.4 Å². The van der Waals surface area contributed by atoms with E-state index < -0.39 is 0 Å². The van der Waals surface area contributed by atoms with Crippen LogP contribution >= 0.6 is 0 Å². The Morgan fingerprint density at radius 1 is 1.00 bits per heavy atom. The van der Waals surface area contributed by atoms with Gasteiger partial charge in [0.25, 0.3) is 5.91 Å². The van der Waals surface area contributed by atoms with Crippen LogP contribution in [-0.2, 0) is 6.54 Å². The standard InChI is InChI=1S/C24H24N2O6/c1-2-29-18-4-6-20-19(13-18)17(12-23(27)32-20)14-25-7-9-26(10-8-25)24(28)16-3-5-21-22(11-16)31-15-30-21/h3-6,11-13H,2,7-10,14-15H2,1H3. The summed E-state index contributed by atoms with van der Waals surface area (Å²) < 4.78 is 21.7. The smallest absolute Gasteiger partial charge is 0.336 e. The first kappa shape index (κ1) is 20.4. The molecular formula is C24H24N2O6. The summed E-state index contributed by atoms with van der Waals surface area (Å²) in [5.74, 6) is 2.00. The van der Waals surface area contributed by atoms with Gasteiger partial charge in [0.15, 0.2) is 11.5 Å². The molecular weight excluding hydrogens is 412 g/mol. The van der Waals surface area contributed by atoms with Crippen LogP contribution in [0, 0.1) is 0 Å². The molecule has 2 aliphatic heterocycles. The average Bonchev–Trinajstić information content (AvgIpc) is 3.27. The van der Waals surface area contributed by atoms with Gasteiger partial charge in [0.2, 0.25) is 6.79 Å². The van der Waals surface area contributed by atoms with Gasteiger partial charge in [0, 0.05) is 49.7 Å². The van der Waals surface area contributed by atoms with E-state index in [2.05, 4.69) is 4.90 Å². The molecule has 0 N–H and O–H groups in total. The molecule has 1 aromatic heterocycles. The number of hydrogen-bond acceptors (Lipinski definition) is 7. The predicted octanol–water partition coefficient (Wildman–Crippen LogP) is 2.88. The fourth-order valence-electron chi connectivity index (χ4n) is 4.16. The highest BCUT2D eigenvalue weighted by atomic mass is 16.7. The zero-order valence-corrected chi connectivity index (χ0v) is 17.8. The lowest BCUT2D eigenvalue weighted by molar-refractivity contribution is 0.0628. The maximum atomic E-state index is 12.9. The second kappa shape index (κ2) is 8.55. The number of benzene rings is 2. The number of ether oxygens (including phenoxy) is 3. The maximum absolute atomic E-state index is 12.9. The maximum Gasteiger partial charge on any atom is 0.336 e. The summed E-state index contributed by atoms with van der Waals surface area (Å²) >= 11 is 0. The van der Waals surface area contributed by atoms with E-state index >= 15 is 0 Å². The number of carbonyl (C=O) groups is 1. The van der Waals surface area contributed by atoms with Crippen molar-refractivity contribution in [1.29, 1.82) is 0 Å². The lowest BCUT2D eigenvalue weighted by Gasteiger charge is -2.35. The van der Waals surface area contributed by atoms with Crippen molar-refractivity contribution in [3.63, 3.8) is 0 Å². The molecule has 0 unspecified atom stereocenters. The lowest BCUT2D eigenvalue weighted by Crippen LogP contribution is -2.48. The topological polar surface area (TPSA) is 81.5 Å². The van der Waals surface area contributed by atoms with E-state index in [0.717, 1.165) is 16.7 Å². The first-order valence-corrected chi connectivity index (χ1v) is 10.7. The number of amides is 1. The molecule has 0 atom stereocenters. The normalized spacial score (nSPS) is 15.8. The first-order valence-electron chi connectivity index (χ1n) is 10.7. The van der Waals surface area contributed by atoms with Crippen molar-refractivity contribution >= 4 is 16.9 Å². The first-order chi connectivity index (χ1) is 15.6. The number of nitrogens with zero attached hydrogens (tertiary/aromatic N) is 2. The van der Waals surface area contributed by atoms with Gasteiger partial charge >= 0.3 is 5.63 Å². The van der Waals surface area contributed by atoms with Crippen molar-refractivity contribution in [3.8, 4) is 17.2 Å². The van der Waals surface area contributed by atoms with E-state index in [1.165, 1.54) is 0 Å². The van der Waals surface area contributed by atoms with Crippen molar-refractivity contribution in [2.24, 2.45) is 0 Å². The molecule has 2 aromatic carbocycles. The highest BCUT2D eigenvalue weighted by Crippen LogP contribution is 2.33. The van der Waals surface area contributed by atoms with Crippen LogP contribution in [0.3, 0.4) is 0 Å². The number of rotatable bonds is 5. The van der Waals surface area contributed by atoms with Gasteiger partial charge in [-0.1, -0.05) is 0 Å².